The van der Waals surface area contributed by atoms with Crippen LogP contribution in [0.3, 0.4) is 0 Å². The summed E-state index contributed by atoms with van der Waals surface area (Å²) in [5.41, 5.74) is 0.145. The molecule has 1 amide bonds. The topological polar surface area (TPSA) is 72.5 Å². The molecule has 1 aromatic heterocycles. The molecule has 1 atom stereocenters. The average Bonchev–Trinajstić information content (AvgIpc) is 3.14. The van der Waals surface area contributed by atoms with Crippen molar-refractivity contribution in [2.24, 2.45) is 0 Å². The predicted molar refractivity (Wildman–Crippen MR) is 104 cm³/mol. The van der Waals surface area contributed by atoms with Crippen LogP contribution in [0.15, 0.2) is 57.6 Å². The van der Waals surface area contributed by atoms with Gasteiger partial charge in [-0.1, -0.05) is 12.1 Å². The molecule has 5 nitrogen and oxygen atoms in total. The summed E-state index contributed by atoms with van der Waals surface area (Å²) in [5.74, 6) is -2.77. The summed E-state index contributed by atoms with van der Waals surface area (Å²) in [5, 5.41) is 4.01. The van der Waals surface area contributed by atoms with Gasteiger partial charge in [-0.3, -0.25) is 4.79 Å². The number of methoxy groups -OCH3 is 1. The van der Waals surface area contributed by atoms with Crippen LogP contribution in [-0.4, -0.2) is 21.4 Å². The van der Waals surface area contributed by atoms with Crippen molar-refractivity contribution in [1.82, 2.24) is 0 Å². The third-order valence-electron chi connectivity index (χ3n) is 4.77. The Morgan fingerprint density at radius 2 is 1.86 bits per heavy atom. The van der Waals surface area contributed by atoms with Gasteiger partial charge < -0.3 is 10.1 Å². The van der Waals surface area contributed by atoms with E-state index in [9.17, 15) is 22.0 Å². The Labute approximate surface area is 169 Å². The van der Waals surface area contributed by atoms with Gasteiger partial charge >= 0.3 is 0 Å². The maximum atomic E-state index is 14.4. The Bertz CT molecular complexity index is 1200. The highest BCUT2D eigenvalue weighted by molar-refractivity contribution is 7.91. The van der Waals surface area contributed by atoms with E-state index in [4.69, 9.17) is 4.74 Å². The molecule has 4 rings (SSSR count). The van der Waals surface area contributed by atoms with Crippen LogP contribution in [0.4, 0.5) is 14.5 Å². The summed E-state index contributed by atoms with van der Waals surface area (Å²) < 4.78 is 59.3. The van der Waals surface area contributed by atoms with E-state index in [1.54, 1.807) is 0 Å². The number of hydrogen-bond acceptors (Lipinski definition) is 5. The number of carbonyl (C=O) groups is 1. The molecule has 0 spiro atoms. The first-order valence-corrected chi connectivity index (χ1v) is 10.9. The zero-order chi connectivity index (χ0) is 20.8. The van der Waals surface area contributed by atoms with Gasteiger partial charge in [-0.25, -0.2) is 17.2 Å². The molecular formula is C20H15F2NO4S2. The van der Waals surface area contributed by atoms with Crippen LogP contribution >= 0.6 is 11.3 Å². The fourth-order valence-corrected chi connectivity index (χ4v) is 6.22. The number of carbonyl (C=O) groups excluding carboxylic acids is 1. The molecule has 0 saturated carbocycles. The normalized spacial score (nSPS) is 16.2. The second-order valence-electron chi connectivity index (χ2n) is 6.47. The zero-order valence-electron chi connectivity index (χ0n) is 15.1. The number of ether oxygens (including phenoxy) is 1. The van der Waals surface area contributed by atoms with E-state index in [0.717, 1.165) is 17.4 Å². The minimum Gasteiger partial charge on any atom is -0.497 e. The van der Waals surface area contributed by atoms with E-state index < -0.39 is 33.3 Å². The minimum absolute atomic E-state index is 0.0244. The molecule has 1 N–H and O–H groups in total. The Hall–Kier alpha value is -2.78. The number of halogens is 2. The lowest BCUT2D eigenvalue weighted by Gasteiger charge is -2.24. The molecule has 1 aliphatic heterocycles. The second-order valence-corrected chi connectivity index (χ2v) is 9.30. The number of hydrogen-bond donors (Lipinski definition) is 1. The minimum atomic E-state index is -3.94. The molecule has 0 saturated heterocycles. The van der Waals surface area contributed by atoms with E-state index in [0.29, 0.717) is 10.6 Å². The number of thiophene rings is 1. The molecule has 0 bridgehead atoms. The van der Waals surface area contributed by atoms with Gasteiger partial charge in [0.05, 0.1) is 17.7 Å². The number of fused-ring (bicyclic) bond motifs is 1. The van der Waals surface area contributed by atoms with Gasteiger partial charge in [-0.15, -0.1) is 11.3 Å². The van der Waals surface area contributed by atoms with Gasteiger partial charge in [-0.2, -0.15) is 0 Å². The smallest absolute Gasteiger partial charge is 0.225 e. The summed E-state index contributed by atoms with van der Waals surface area (Å²) in [7, 11) is -2.46. The summed E-state index contributed by atoms with van der Waals surface area (Å²) >= 11 is 1.09. The summed E-state index contributed by atoms with van der Waals surface area (Å²) in [6.45, 7) is 0. The second kappa shape index (κ2) is 7.23. The molecule has 0 radical (unpaired) electrons. The van der Waals surface area contributed by atoms with Gasteiger partial charge in [-0.05, 0) is 35.9 Å². The molecule has 0 fully saturated rings. The van der Waals surface area contributed by atoms with Crippen molar-refractivity contribution in [2.45, 2.75) is 22.1 Å². The number of sulfone groups is 1. The SMILES string of the molecule is COc1ccc(S(=O)(=O)c2csc3c2NC(=O)C[C@@H]3c2cccc(F)c2F)cc1. The Morgan fingerprint density at radius 1 is 1.14 bits per heavy atom. The molecule has 9 heteroatoms. The van der Waals surface area contributed by atoms with E-state index in [2.05, 4.69) is 5.32 Å². The fourth-order valence-electron chi connectivity index (χ4n) is 3.32. The predicted octanol–water partition coefficient (Wildman–Crippen LogP) is 4.34. The lowest BCUT2D eigenvalue weighted by molar-refractivity contribution is -0.116. The monoisotopic (exact) mass is 435 g/mol. The Morgan fingerprint density at radius 3 is 2.55 bits per heavy atom. The van der Waals surface area contributed by atoms with Gasteiger partial charge in [0.25, 0.3) is 0 Å². The molecule has 2 heterocycles. The standard InChI is InChI=1S/C20H15F2NO4S2/c1-27-11-5-7-12(8-6-11)29(25,26)16-10-28-20-14(9-17(24)23-19(16)20)13-3-2-4-15(21)18(13)22/h2-8,10,14H,9H2,1H3,(H,23,24)/t14-/m1/s1. The van der Waals surface area contributed by atoms with Crippen molar-refractivity contribution in [3.05, 3.63) is 69.9 Å². The number of benzene rings is 2. The summed E-state index contributed by atoms with van der Waals surface area (Å²) in [4.78, 5) is 12.7. The fraction of sp³-hybridized carbons (Fsp3) is 0.150. The first-order chi connectivity index (χ1) is 13.8. The molecule has 150 valence electrons. The lowest BCUT2D eigenvalue weighted by Crippen LogP contribution is -2.24. The number of anilines is 1. The quantitative estimate of drug-likeness (QED) is 0.662. The van der Waals surface area contributed by atoms with Crippen molar-refractivity contribution in [3.63, 3.8) is 0 Å². The first-order valence-electron chi connectivity index (χ1n) is 8.57. The van der Waals surface area contributed by atoms with Crippen LogP contribution in [0.1, 0.15) is 22.8 Å². The maximum Gasteiger partial charge on any atom is 0.225 e. The first kappa shape index (κ1) is 19.5. The highest BCUT2D eigenvalue weighted by Gasteiger charge is 2.35. The molecular weight excluding hydrogens is 420 g/mol. The van der Waals surface area contributed by atoms with E-state index in [1.165, 1.54) is 48.9 Å². The Balaban J connectivity index is 1.82. The Kier molecular flexibility index (Phi) is 4.87. The third kappa shape index (κ3) is 3.30. The van der Waals surface area contributed by atoms with Gasteiger partial charge in [0.2, 0.25) is 15.7 Å². The highest BCUT2D eigenvalue weighted by atomic mass is 32.2. The summed E-state index contributed by atoms with van der Waals surface area (Å²) in [6.07, 6.45) is -0.101. The van der Waals surface area contributed by atoms with Crippen LogP contribution in [-0.2, 0) is 14.6 Å². The van der Waals surface area contributed by atoms with Gasteiger partial charge in [0.1, 0.15) is 10.6 Å². The molecule has 0 aliphatic carbocycles. The van der Waals surface area contributed by atoms with Crippen molar-refractivity contribution < 1.29 is 26.7 Å². The molecule has 3 aromatic rings. The maximum absolute atomic E-state index is 14.4. The lowest BCUT2D eigenvalue weighted by atomic mass is 9.90. The zero-order valence-corrected chi connectivity index (χ0v) is 16.7. The van der Waals surface area contributed by atoms with Crippen molar-refractivity contribution in [1.29, 1.82) is 0 Å². The van der Waals surface area contributed by atoms with E-state index in [1.807, 2.05) is 0 Å². The van der Waals surface area contributed by atoms with E-state index in [-0.39, 0.29) is 27.5 Å². The number of nitrogens with one attached hydrogen (secondary N) is 1. The van der Waals surface area contributed by atoms with Crippen molar-refractivity contribution in [3.8, 4) is 5.75 Å². The van der Waals surface area contributed by atoms with Crippen molar-refractivity contribution >= 4 is 32.8 Å². The van der Waals surface area contributed by atoms with Crippen LogP contribution < -0.4 is 10.1 Å². The number of rotatable bonds is 4. The van der Waals surface area contributed by atoms with Gasteiger partial charge in [0.15, 0.2) is 11.6 Å². The third-order valence-corrected chi connectivity index (χ3v) is 7.81. The highest BCUT2D eigenvalue weighted by Crippen LogP contribution is 2.46. The molecule has 29 heavy (non-hydrogen) atoms. The molecule has 2 aromatic carbocycles. The largest absolute Gasteiger partial charge is 0.497 e. The summed E-state index contributed by atoms with van der Waals surface area (Å²) in [6, 6.07) is 9.63. The molecule has 0 unspecified atom stereocenters. The van der Waals surface area contributed by atoms with Crippen LogP contribution in [0, 0.1) is 11.6 Å². The van der Waals surface area contributed by atoms with Crippen LogP contribution in [0.5, 0.6) is 5.75 Å². The number of amides is 1. The average molecular weight is 435 g/mol. The van der Waals surface area contributed by atoms with Crippen LogP contribution in [0.2, 0.25) is 0 Å². The van der Waals surface area contributed by atoms with Crippen molar-refractivity contribution in [2.75, 3.05) is 12.4 Å². The van der Waals surface area contributed by atoms with Gasteiger partial charge in [0, 0.05) is 22.6 Å². The molecule has 1 aliphatic rings. The van der Waals surface area contributed by atoms with E-state index >= 15 is 0 Å². The van der Waals surface area contributed by atoms with Crippen LogP contribution in [0.25, 0.3) is 0 Å².